The fourth-order valence-corrected chi connectivity index (χ4v) is 1.49. The van der Waals surface area contributed by atoms with Crippen molar-refractivity contribution in [2.45, 2.75) is 6.92 Å². The van der Waals surface area contributed by atoms with Crippen molar-refractivity contribution in [2.24, 2.45) is 7.05 Å². The van der Waals surface area contributed by atoms with Gasteiger partial charge in [0.05, 0.1) is 11.9 Å². The monoisotopic (exact) mass is 230 g/mol. The maximum atomic E-state index is 11.9. The molecule has 17 heavy (non-hydrogen) atoms. The van der Waals surface area contributed by atoms with E-state index in [1.807, 2.05) is 19.1 Å². The van der Waals surface area contributed by atoms with Gasteiger partial charge in [0, 0.05) is 12.6 Å². The van der Waals surface area contributed by atoms with Crippen LogP contribution >= 0.6 is 0 Å². The average Bonchev–Trinajstić information content (AvgIpc) is 2.61. The largest absolute Gasteiger partial charge is 0.394 e. The second-order valence-corrected chi connectivity index (χ2v) is 3.89. The molecule has 0 atom stereocenters. The number of benzene rings is 1. The molecule has 0 spiro atoms. The minimum atomic E-state index is -0.194. The van der Waals surface area contributed by atoms with E-state index < -0.39 is 0 Å². The summed E-state index contributed by atoms with van der Waals surface area (Å²) in [6, 6.07) is 7.33. The zero-order valence-electron chi connectivity index (χ0n) is 9.77. The quantitative estimate of drug-likeness (QED) is 0.822. The molecule has 0 aliphatic carbocycles. The third kappa shape index (κ3) is 2.28. The Morgan fingerprint density at radius 3 is 2.53 bits per heavy atom. The lowest BCUT2D eigenvalue weighted by Gasteiger charge is -2.06. The summed E-state index contributed by atoms with van der Waals surface area (Å²) in [6.07, 6.45) is 1.50. The molecule has 0 saturated heterocycles. The number of rotatable bonds is 2. The van der Waals surface area contributed by atoms with Gasteiger partial charge >= 0.3 is 0 Å². The summed E-state index contributed by atoms with van der Waals surface area (Å²) in [6.45, 7) is 1.97. The van der Waals surface area contributed by atoms with Crippen molar-refractivity contribution >= 4 is 17.4 Å². The highest BCUT2D eigenvalue weighted by atomic mass is 16.1. The van der Waals surface area contributed by atoms with Gasteiger partial charge < -0.3 is 11.1 Å². The van der Waals surface area contributed by atoms with Crippen LogP contribution in [0.15, 0.2) is 30.5 Å². The summed E-state index contributed by atoms with van der Waals surface area (Å²) in [5.74, 6) is 0.316. The third-order valence-corrected chi connectivity index (χ3v) is 2.51. The van der Waals surface area contributed by atoms with E-state index in [9.17, 15) is 4.79 Å². The number of anilines is 2. The van der Waals surface area contributed by atoms with Gasteiger partial charge in [-0.2, -0.15) is 5.10 Å². The Hall–Kier alpha value is -2.30. The maximum absolute atomic E-state index is 11.9. The summed E-state index contributed by atoms with van der Waals surface area (Å²) in [5.41, 5.74) is 7.85. The molecule has 2 aromatic rings. The number of nitrogens with one attached hydrogen (secondary N) is 1. The molecule has 0 saturated carbocycles. The molecule has 0 fully saturated rings. The highest BCUT2D eigenvalue weighted by Gasteiger charge is 2.10. The van der Waals surface area contributed by atoms with Gasteiger partial charge in [-0.05, 0) is 19.1 Å². The number of hydrogen-bond acceptors (Lipinski definition) is 3. The predicted molar refractivity (Wildman–Crippen MR) is 66.8 cm³/mol. The van der Waals surface area contributed by atoms with E-state index >= 15 is 0 Å². The molecule has 2 rings (SSSR count). The van der Waals surface area contributed by atoms with Crippen molar-refractivity contribution in [1.82, 2.24) is 9.78 Å². The van der Waals surface area contributed by atoms with Gasteiger partial charge in [0.2, 0.25) is 0 Å². The molecule has 0 aliphatic rings. The van der Waals surface area contributed by atoms with Crippen LogP contribution < -0.4 is 11.1 Å². The minimum Gasteiger partial charge on any atom is -0.394 e. The molecule has 5 nitrogen and oxygen atoms in total. The first kappa shape index (κ1) is 11.2. The molecule has 3 N–H and O–H groups in total. The number of nitrogens with two attached hydrogens (primary N) is 1. The molecule has 1 amide bonds. The second kappa shape index (κ2) is 4.29. The van der Waals surface area contributed by atoms with Crippen molar-refractivity contribution in [3.63, 3.8) is 0 Å². The predicted octanol–water partition coefficient (Wildman–Crippen LogP) is 1.56. The van der Waals surface area contributed by atoms with Crippen LogP contribution in [0.2, 0.25) is 0 Å². The van der Waals surface area contributed by atoms with Crippen LogP contribution in [0.4, 0.5) is 11.5 Å². The molecule has 0 radical (unpaired) electrons. The smallest absolute Gasteiger partial charge is 0.256 e. The van der Waals surface area contributed by atoms with Crippen LogP contribution in [0, 0.1) is 6.92 Å². The molecular weight excluding hydrogens is 216 g/mol. The Bertz CT molecular complexity index is 523. The number of amides is 1. The van der Waals surface area contributed by atoms with Gasteiger partial charge in [-0.15, -0.1) is 0 Å². The normalized spacial score (nSPS) is 10.2. The van der Waals surface area contributed by atoms with Gasteiger partial charge in [-0.25, -0.2) is 0 Å². The molecule has 1 aromatic heterocycles. The first-order chi connectivity index (χ1) is 8.08. The number of aromatic nitrogens is 2. The number of nitrogens with zero attached hydrogens (tertiary/aromatic N) is 2. The van der Waals surface area contributed by atoms with E-state index in [0.29, 0.717) is 17.1 Å². The number of hydrogen-bond donors (Lipinski definition) is 2. The van der Waals surface area contributed by atoms with E-state index in [-0.39, 0.29) is 5.91 Å². The third-order valence-electron chi connectivity index (χ3n) is 2.51. The topological polar surface area (TPSA) is 72.9 Å². The van der Waals surface area contributed by atoms with E-state index in [4.69, 9.17) is 5.73 Å². The number of nitrogen functional groups attached to an aromatic ring is 1. The standard InChI is InChI=1S/C12H14N4O/c1-8-3-5-9(6-4-8)12(17)15-11-10(13)7-14-16(11)2/h3-7H,13H2,1-2H3,(H,15,17). The van der Waals surface area contributed by atoms with Crippen molar-refractivity contribution in [1.29, 1.82) is 0 Å². The van der Waals surface area contributed by atoms with Gasteiger partial charge in [0.25, 0.3) is 5.91 Å². The van der Waals surface area contributed by atoms with E-state index in [0.717, 1.165) is 5.56 Å². The number of carbonyl (C=O) groups excluding carboxylic acids is 1. The average molecular weight is 230 g/mol. The Morgan fingerprint density at radius 1 is 1.35 bits per heavy atom. The molecule has 5 heteroatoms. The number of carbonyl (C=O) groups is 1. The van der Waals surface area contributed by atoms with Crippen LogP contribution in [-0.2, 0) is 7.05 Å². The SMILES string of the molecule is Cc1ccc(C(=O)Nc2c(N)cnn2C)cc1. The lowest BCUT2D eigenvalue weighted by molar-refractivity contribution is 0.102. The molecule has 1 heterocycles. The molecule has 1 aromatic carbocycles. The summed E-state index contributed by atoms with van der Waals surface area (Å²) < 4.78 is 1.53. The number of aryl methyl sites for hydroxylation is 2. The van der Waals surface area contributed by atoms with Crippen molar-refractivity contribution in [3.8, 4) is 0 Å². The fourth-order valence-electron chi connectivity index (χ4n) is 1.49. The summed E-state index contributed by atoms with van der Waals surface area (Å²) in [7, 11) is 1.72. The second-order valence-electron chi connectivity index (χ2n) is 3.89. The lowest BCUT2D eigenvalue weighted by atomic mass is 10.1. The van der Waals surface area contributed by atoms with Crippen LogP contribution in [0.1, 0.15) is 15.9 Å². The lowest BCUT2D eigenvalue weighted by Crippen LogP contribution is -2.15. The van der Waals surface area contributed by atoms with E-state index in [1.54, 1.807) is 19.2 Å². The molecule has 0 bridgehead atoms. The van der Waals surface area contributed by atoms with Gasteiger partial charge in [-0.3, -0.25) is 9.48 Å². The first-order valence-electron chi connectivity index (χ1n) is 5.23. The van der Waals surface area contributed by atoms with Crippen molar-refractivity contribution < 1.29 is 4.79 Å². The van der Waals surface area contributed by atoms with Gasteiger partial charge in [-0.1, -0.05) is 17.7 Å². The Morgan fingerprint density at radius 2 is 2.00 bits per heavy atom. The van der Waals surface area contributed by atoms with Crippen LogP contribution in [0.5, 0.6) is 0 Å². The maximum Gasteiger partial charge on any atom is 0.256 e. The van der Waals surface area contributed by atoms with Crippen molar-refractivity contribution in [2.75, 3.05) is 11.1 Å². The fraction of sp³-hybridized carbons (Fsp3) is 0.167. The highest BCUT2D eigenvalue weighted by molar-refractivity contribution is 6.05. The van der Waals surface area contributed by atoms with Crippen LogP contribution in [0.3, 0.4) is 0 Å². The van der Waals surface area contributed by atoms with E-state index in [2.05, 4.69) is 10.4 Å². The van der Waals surface area contributed by atoms with E-state index in [1.165, 1.54) is 10.9 Å². The summed E-state index contributed by atoms with van der Waals surface area (Å²) in [4.78, 5) is 11.9. The highest BCUT2D eigenvalue weighted by Crippen LogP contribution is 2.17. The Labute approximate surface area is 99.2 Å². The molecule has 0 unspecified atom stereocenters. The van der Waals surface area contributed by atoms with Gasteiger partial charge in [0.15, 0.2) is 5.82 Å². The zero-order chi connectivity index (χ0) is 12.4. The molecular formula is C12H14N4O. The van der Waals surface area contributed by atoms with Crippen molar-refractivity contribution in [3.05, 3.63) is 41.6 Å². The summed E-state index contributed by atoms with van der Waals surface area (Å²) in [5, 5.41) is 6.68. The van der Waals surface area contributed by atoms with Gasteiger partial charge in [0.1, 0.15) is 0 Å². The zero-order valence-corrected chi connectivity index (χ0v) is 9.77. The first-order valence-corrected chi connectivity index (χ1v) is 5.23. The Balaban J connectivity index is 2.20. The molecule has 0 aliphatic heterocycles. The van der Waals surface area contributed by atoms with Crippen LogP contribution in [-0.4, -0.2) is 15.7 Å². The minimum absolute atomic E-state index is 0.194. The summed E-state index contributed by atoms with van der Waals surface area (Å²) >= 11 is 0. The molecule has 88 valence electrons. The Kier molecular flexibility index (Phi) is 2.82. The van der Waals surface area contributed by atoms with Crippen LogP contribution in [0.25, 0.3) is 0 Å².